The number of anilines is 1. The second-order valence-corrected chi connectivity index (χ2v) is 7.73. The molecule has 0 aliphatic heterocycles. The van der Waals surface area contributed by atoms with Gasteiger partial charge in [-0.05, 0) is 49.6 Å². The maximum atomic E-state index is 12.5. The van der Waals surface area contributed by atoms with E-state index in [0.717, 1.165) is 31.2 Å². The van der Waals surface area contributed by atoms with Crippen LogP contribution in [0.25, 0.3) is 0 Å². The molecule has 30 heavy (non-hydrogen) atoms. The summed E-state index contributed by atoms with van der Waals surface area (Å²) < 4.78 is 0. The summed E-state index contributed by atoms with van der Waals surface area (Å²) in [5.41, 5.74) is 2.49. The van der Waals surface area contributed by atoms with Crippen molar-refractivity contribution in [2.45, 2.75) is 39.0 Å². The molecule has 3 rings (SSSR count). The number of carbonyl (C=O) groups is 3. The highest BCUT2D eigenvalue weighted by Gasteiger charge is 2.20. The van der Waals surface area contributed by atoms with E-state index >= 15 is 0 Å². The molecule has 1 aliphatic carbocycles. The topological polar surface area (TPSA) is 87.3 Å². The molecule has 0 heterocycles. The van der Waals surface area contributed by atoms with E-state index < -0.39 is 0 Å². The van der Waals surface area contributed by atoms with E-state index in [1.165, 1.54) is 6.42 Å². The molecule has 0 unspecified atom stereocenters. The lowest BCUT2D eigenvalue weighted by molar-refractivity contribution is -0.125. The number of amides is 3. The van der Waals surface area contributed by atoms with Gasteiger partial charge in [0.05, 0.1) is 0 Å². The first-order valence-electron chi connectivity index (χ1n) is 10.6. The van der Waals surface area contributed by atoms with Gasteiger partial charge in [-0.15, -0.1) is 0 Å². The molecule has 3 amide bonds. The number of rotatable bonds is 7. The van der Waals surface area contributed by atoms with Crippen LogP contribution in [0.1, 0.15) is 58.4 Å². The number of hydrogen-bond acceptors (Lipinski definition) is 3. The molecule has 6 nitrogen and oxygen atoms in total. The zero-order chi connectivity index (χ0) is 21.3. The van der Waals surface area contributed by atoms with E-state index in [9.17, 15) is 14.4 Å². The highest BCUT2D eigenvalue weighted by Crippen LogP contribution is 2.23. The van der Waals surface area contributed by atoms with Gasteiger partial charge >= 0.3 is 0 Å². The molecule has 0 aromatic heterocycles. The van der Waals surface area contributed by atoms with Crippen LogP contribution in [-0.2, 0) is 4.79 Å². The van der Waals surface area contributed by atoms with Crippen molar-refractivity contribution in [3.63, 3.8) is 0 Å². The van der Waals surface area contributed by atoms with Crippen LogP contribution in [0.4, 0.5) is 5.69 Å². The van der Waals surface area contributed by atoms with Gasteiger partial charge < -0.3 is 16.0 Å². The number of carbonyl (C=O) groups excluding carboxylic acids is 3. The third kappa shape index (κ3) is 5.92. The Hall–Kier alpha value is -3.15. The van der Waals surface area contributed by atoms with E-state index in [1.807, 2.05) is 13.0 Å². The molecule has 1 aliphatic rings. The second kappa shape index (κ2) is 10.6. The summed E-state index contributed by atoms with van der Waals surface area (Å²) in [5.74, 6) is -0.258. The smallest absolute Gasteiger partial charge is 0.255 e. The number of nitrogens with one attached hydrogen (secondary N) is 3. The number of aryl methyl sites for hydroxylation is 1. The van der Waals surface area contributed by atoms with Crippen molar-refractivity contribution in [3.05, 3.63) is 65.2 Å². The summed E-state index contributed by atoms with van der Waals surface area (Å²) >= 11 is 0. The van der Waals surface area contributed by atoms with Crippen LogP contribution in [0.3, 0.4) is 0 Å². The molecular weight excluding hydrogens is 378 g/mol. The summed E-state index contributed by atoms with van der Waals surface area (Å²) in [5, 5.41) is 8.60. The van der Waals surface area contributed by atoms with Gasteiger partial charge in [-0.2, -0.15) is 0 Å². The molecule has 6 heteroatoms. The Labute approximate surface area is 177 Å². The second-order valence-electron chi connectivity index (χ2n) is 7.73. The summed E-state index contributed by atoms with van der Waals surface area (Å²) in [6, 6.07) is 14.1. The quantitative estimate of drug-likeness (QED) is 0.612. The normalized spacial score (nSPS) is 14.0. The number of benzene rings is 2. The minimum Gasteiger partial charge on any atom is -0.354 e. The van der Waals surface area contributed by atoms with Crippen molar-refractivity contribution >= 4 is 23.4 Å². The van der Waals surface area contributed by atoms with Gasteiger partial charge in [0.15, 0.2) is 0 Å². The average molecular weight is 408 g/mol. The van der Waals surface area contributed by atoms with Crippen molar-refractivity contribution in [2.75, 3.05) is 18.4 Å². The summed E-state index contributed by atoms with van der Waals surface area (Å²) in [6.45, 7) is 2.64. The van der Waals surface area contributed by atoms with Gasteiger partial charge in [0.1, 0.15) is 0 Å². The van der Waals surface area contributed by atoms with E-state index in [2.05, 4.69) is 16.0 Å². The SMILES string of the molecule is Cc1ccc(C(=O)NCCNC(=O)C2CCCCC2)cc1NC(=O)c1ccccc1. The molecule has 0 radical (unpaired) electrons. The zero-order valence-electron chi connectivity index (χ0n) is 17.4. The largest absolute Gasteiger partial charge is 0.354 e. The summed E-state index contributed by atoms with van der Waals surface area (Å²) in [4.78, 5) is 37.0. The first-order valence-corrected chi connectivity index (χ1v) is 10.6. The molecule has 3 N–H and O–H groups in total. The first kappa shape index (κ1) is 21.6. The minimum absolute atomic E-state index is 0.0881. The Morgan fingerprint density at radius 2 is 1.53 bits per heavy atom. The standard InChI is InChI=1S/C24H29N3O3/c1-17-12-13-20(16-21(17)27-24(30)19-10-6-3-7-11-19)23(29)26-15-14-25-22(28)18-8-4-2-5-9-18/h3,6-7,10-13,16,18H,2,4-5,8-9,14-15H2,1H3,(H,25,28)(H,26,29)(H,27,30). The predicted octanol–water partition coefficient (Wildman–Crippen LogP) is 3.67. The van der Waals surface area contributed by atoms with Crippen LogP contribution < -0.4 is 16.0 Å². The molecule has 0 saturated heterocycles. The van der Waals surface area contributed by atoms with Crippen molar-refractivity contribution in [1.29, 1.82) is 0 Å². The molecule has 0 atom stereocenters. The molecule has 2 aromatic carbocycles. The van der Waals surface area contributed by atoms with Gasteiger partial charge in [0.2, 0.25) is 5.91 Å². The lowest BCUT2D eigenvalue weighted by Gasteiger charge is -2.20. The van der Waals surface area contributed by atoms with E-state index in [1.54, 1.807) is 42.5 Å². The van der Waals surface area contributed by atoms with Gasteiger partial charge in [-0.25, -0.2) is 0 Å². The van der Waals surface area contributed by atoms with Gasteiger partial charge in [0.25, 0.3) is 11.8 Å². The Morgan fingerprint density at radius 3 is 2.27 bits per heavy atom. The Kier molecular flexibility index (Phi) is 7.60. The fraction of sp³-hybridized carbons (Fsp3) is 0.375. The molecule has 1 fully saturated rings. The van der Waals surface area contributed by atoms with E-state index in [-0.39, 0.29) is 23.6 Å². The number of hydrogen-bond donors (Lipinski definition) is 3. The van der Waals surface area contributed by atoms with Crippen LogP contribution in [0.2, 0.25) is 0 Å². The van der Waals surface area contributed by atoms with E-state index in [0.29, 0.717) is 29.9 Å². The highest BCUT2D eigenvalue weighted by molar-refractivity contribution is 6.05. The predicted molar refractivity (Wildman–Crippen MR) is 117 cm³/mol. The maximum absolute atomic E-state index is 12.5. The van der Waals surface area contributed by atoms with Crippen molar-refractivity contribution in [2.24, 2.45) is 5.92 Å². The van der Waals surface area contributed by atoms with Gasteiger partial charge in [-0.3, -0.25) is 14.4 Å². The Bertz CT molecular complexity index is 890. The maximum Gasteiger partial charge on any atom is 0.255 e. The van der Waals surface area contributed by atoms with Crippen LogP contribution in [0, 0.1) is 12.8 Å². The van der Waals surface area contributed by atoms with Crippen LogP contribution in [-0.4, -0.2) is 30.8 Å². The molecule has 2 aromatic rings. The van der Waals surface area contributed by atoms with Crippen molar-refractivity contribution in [1.82, 2.24) is 10.6 Å². The molecule has 0 bridgehead atoms. The van der Waals surface area contributed by atoms with Crippen molar-refractivity contribution < 1.29 is 14.4 Å². The highest BCUT2D eigenvalue weighted by atomic mass is 16.2. The van der Waals surface area contributed by atoms with Crippen LogP contribution in [0.5, 0.6) is 0 Å². The van der Waals surface area contributed by atoms with Crippen LogP contribution >= 0.6 is 0 Å². The first-order chi connectivity index (χ1) is 14.5. The molecule has 0 spiro atoms. The third-order valence-corrected chi connectivity index (χ3v) is 5.47. The zero-order valence-corrected chi connectivity index (χ0v) is 17.4. The molecular formula is C24H29N3O3. The minimum atomic E-state index is -0.239. The summed E-state index contributed by atoms with van der Waals surface area (Å²) in [6.07, 6.45) is 5.36. The van der Waals surface area contributed by atoms with E-state index in [4.69, 9.17) is 0 Å². The molecule has 158 valence electrons. The fourth-order valence-electron chi connectivity index (χ4n) is 3.65. The lowest BCUT2D eigenvalue weighted by atomic mass is 9.89. The third-order valence-electron chi connectivity index (χ3n) is 5.47. The molecule has 1 saturated carbocycles. The lowest BCUT2D eigenvalue weighted by Crippen LogP contribution is -2.38. The average Bonchev–Trinajstić information content (AvgIpc) is 2.79. The van der Waals surface area contributed by atoms with Gasteiger partial charge in [0, 0.05) is 35.8 Å². The van der Waals surface area contributed by atoms with Crippen molar-refractivity contribution in [3.8, 4) is 0 Å². The fourth-order valence-corrected chi connectivity index (χ4v) is 3.65. The summed E-state index contributed by atoms with van der Waals surface area (Å²) in [7, 11) is 0. The Morgan fingerprint density at radius 1 is 0.833 bits per heavy atom. The van der Waals surface area contributed by atoms with Gasteiger partial charge in [-0.1, -0.05) is 43.5 Å². The Balaban J connectivity index is 1.50. The van der Waals surface area contributed by atoms with Crippen LogP contribution in [0.15, 0.2) is 48.5 Å². The monoisotopic (exact) mass is 407 g/mol.